The average molecular weight is 331 g/mol. The molecule has 0 spiro atoms. The number of hydrogen-bond acceptors (Lipinski definition) is 5. The standard InChI is InChI=1S/C18H25N3O3/c1-2-23-18(22)24-17-12-21(10-8-15(17)19)9-7-13-11-20-16-6-4-3-5-14(13)16/h3-6,11,15,17,20H,2,7-10,12,19H2,1H3/t15-,17-/m0/s1. The number of rotatable bonds is 5. The van der Waals surface area contributed by atoms with Gasteiger partial charge in [0.25, 0.3) is 0 Å². The Bertz CT molecular complexity index is 685. The summed E-state index contributed by atoms with van der Waals surface area (Å²) in [6.45, 7) is 4.56. The summed E-state index contributed by atoms with van der Waals surface area (Å²) >= 11 is 0. The minimum atomic E-state index is -0.628. The largest absolute Gasteiger partial charge is 0.508 e. The number of carbonyl (C=O) groups excluding carboxylic acids is 1. The predicted octanol–water partition coefficient (Wildman–Crippen LogP) is 2.29. The Labute approximate surface area is 141 Å². The Morgan fingerprint density at radius 1 is 1.42 bits per heavy atom. The van der Waals surface area contributed by atoms with Crippen LogP contribution < -0.4 is 5.73 Å². The second kappa shape index (κ2) is 7.68. The van der Waals surface area contributed by atoms with Crippen LogP contribution in [0.2, 0.25) is 0 Å². The lowest BCUT2D eigenvalue weighted by Gasteiger charge is -2.35. The highest BCUT2D eigenvalue weighted by Gasteiger charge is 2.30. The molecule has 2 atom stereocenters. The van der Waals surface area contributed by atoms with Crippen LogP contribution in [0.25, 0.3) is 10.9 Å². The number of para-hydroxylation sites is 1. The van der Waals surface area contributed by atoms with E-state index in [9.17, 15) is 4.79 Å². The normalized spacial score (nSPS) is 21.8. The van der Waals surface area contributed by atoms with E-state index in [-0.39, 0.29) is 12.1 Å². The lowest BCUT2D eigenvalue weighted by atomic mass is 10.0. The first-order valence-electron chi connectivity index (χ1n) is 8.53. The smallest absolute Gasteiger partial charge is 0.435 e. The highest BCUT2D eigenvalue weighted by molar-refractivity contribution is 5.83. The predicted molar refractivity (Wildman–Crippen MR) is 92.9 cm³/mol. The molecule has 1 aliphatic heterocycles. The highest BCUT2D eigenvalue weighted by atomic mass is 16.7. The maximum absolute atomic E-state index is 11.5. The van der Waals surface area contributed by atoms with Crippen molar-refractivity contribution < 1.29 is 14.3 Å². The minimum Gasteiger partial charge on any atom is -0.435 e. The van der Waals surface area contributed by atoms with Crippen LogP contribution in [0.1, 0.15) is 18.9 Å². The van der Waals surface area contributed by atoms with Gasteiger partial charge in [0, 0.05) is 36.2 Å². The Morgan fingerprint density at radius 2 is 2.25 bits per heavy atom. The molecule has 0 amide bonds. The van der Waals surface area contributed by atoms with Gasteiger partial charge < -0.3 is 20.2 Å². The fraction of sp³-hybridized carbons (Fsp3) is 0.500. The highest BCUT2D eigenvalue weighted by Crippen LogP contribution is 2.19. The lowest BCUT2D eigenvalue weighted by molar-refractivity contribution is -0.0117. The molecule has 6 heteroatoms. The van der Waals surface area contributed by atoms with Gasteiger partial charge in [0.05, 0.1) is 6.61 Å². The van der Waals surface area contributed by atoms with Crippen LogP contribution in [0.15, 0.2) is 30.5 Å². The SMILES string of the molecule is CCOC(=O)O[C@H]1CN(CCc2c[nH]c3ccccc23)CC[C@@H]1N. The van der Waals surface area contributed by atoms with E-state index < -0.39 is 6.16 Å². The van der Waals surface area contributed by atoms with Gasteiger partial charge in [0.2, 0.25) is 0 Å². The zero-order chi connectivity index (χ0) is 16.9. The Balaban J connectivity index is 1.56. The van der Waals surface area contributed by atoms with Crippen molar-refractivity contribution in [3.8, 4) is 0 Å². The van der Waals surface area contributed by atoms with E-state index in [4.69, 9.17) is 15.2 Å². The van der Waals surface area contributed by atoms with Crippen LogP contribution in [0.4, 0.5) is 4.79 Å². The van der Waals surface area contributed by atoms with Crippen molar-refractivity contribution >= 4 is 17.1 Å². The Morgan fingerprint density at radius 3 is 3.08 bits per heavy atom. The summed E-state index contributed by atoms with van der Waals surface area (Å²) in [7, 11) is 0. The molecule has 1 aliphatic rings. The molecule has 1 aromatic heterocycles. The lowest BCUT2D eigenvalue weighted by Crippen LogP contribution is -2.52. The molecule has 0 bridgehead atoms. The number of nitrogens with zero attached hydrogens (tertiary/aromatic N) is 1. The van der Waals surface area contributed by atoms with E-state index in [1.54, 1.807) is 6.92 Å². The molecule has 0 radical (unpaired) electrons. The first-order valence-corrected chi connectivity index (χ1v) is 8.53. The molecular formula is C18H25N3O3. The van der Waals surface area contributed by atoms with Crippen molar-refractivity contribution in [2.24, 2.45) is 5.73 Å². The molecule has 2 heterocycles. The van der Waals surface area contributed by atoms with Crippen LogP contribution >= 0.6 is 0 Å². The Hall–Kier alpha value is -2.05. The van der Waals surface area contributed by atoms with Crippen LogP contribution in [0.3, 0.4) is 0 Å². The monoisotopic (exact) mass is 331 g/mol. The van der Waals surface area contributed by atoms with E-state index >= 15 is 0 Å². The number of carbonyl (C=O) groups is 1. The van der Waals surface area contributed by atoms with Gasteiger partial charge in [-0.1, -0.05) is 18.2 Å². The van der Waals surface area contributed by atoms with Crippen LogP contribution in [0.5, 0.6) is 0 Å². The molecule has 0 saturated carbocycles. The topological polar surface area (TPSA) is 80.6 Å². The quantitative estimate of drug-likeness (QED) is 0.822. The minimum absolute atomic E-state index is 0.126. The number of hydrogen-bond donors (Lipinski definition) is 2. The fourth-order valence-corrected chi connectivity index (χ4v) is 3.22. The number of ether oxygens (including phenoxy) is 2. The number of piperidine rings is 1. The molecule has 3 N–H and O–H groups in total. The second-order valence-corrected chi connectivity index (χ2v) is 6.20. The molecule has 24 heavy (non-hydrogen) atoms. The van der Waals surface area contributed by atoms with Crippen molar-refractivity contribution in [2.45, 2.75) is 31.9 Å². The van der Waals surface area contributed by atoms with Gasteiger partial charge in [-0.3, -0.25) is 4.90 Å². The van der Waals surface area contributed by atoms with Crippen molar-refractivity contribution in [3.63, 3.8) is 0 Å². The molecule has 0 unspecified atom stereocenters. The number of nitrogens with two attached hydrogens (primary N) is 1. The summed E-state index contributed by atoms with van der Waals surface area (Å²) in [6.07, 6.45) is 2.91. The van der Waals surface area contributed by atoms with Crippen LogP contribution in [-0.4, -0.2) is 54.4 Å². The third-order valence-electron chi connectivity index (χ3n) is 4.58. The van der Waals surface area contributed by atoms with Gasteiger partial charge in [-0.05, 0) is 37.9 Å². The zero-order valence-corrected chi connectivity index (χ0v) is 14.0. The molecular weight excluding hydrogens is 306 g/mol. The van der Waals surface area contributed by atoms with Crippen LogP contribution in [0, 0.1) is 0 Å². The average Bonchev–Trinajstić information content (AvgIpc) is 2.99. The van der Waals surface area contributed by atoms with E-state index in [0.29, 0.717) is 13.2 Å². The van der Waals surface area contributed by atoms with Crippen LogP contribution in [-0.2, 0) is 15.9 Å². The molecule has 3 rings (SSSR count). The molecule has 130 valence electrons. The van der Waals surface area contributed by atoms with Gasteiger partial charge in [-0.2, -0.15) is 0 Å². The van der Waals surface area contributed by atoms with E-state index in [0.717, 1.165) is 31.4 Å². The first kappa shape index (κ1) is 16.8. The molecule has 0 aliphatic carbocycles. The summed E-state index contributed by atoms with van der Waals surface area (Å²) in [6, 6.07) is 8.19. The fourth-order valence-electron chi connectivity index (χ4n) is 3.22. The maximum Gasteiger partial charge on any atom is 0.508 e. The molecule has 1 saturated heterocycles. The molecule has 2 aromatic rings. The van der Waals surface area contributed by atoms with Crippen molar-refractivity contribution in [3.05, 3.63) is 36.0 Å². The van der Waals surface area contributed by atoms with E-state index in [1.165, 1.54) is 10.9 Å². The van der Waals surface area contributed by atoms with Crippen molar-refractivity contribution in [1.29, 1.82) is 0 Å². The third-order valence-corrected chi connectivity index (χ3v) is 4.58. The van der Waals surface area contributed by atoms with Gasteiger partial charge in [-0.25, -0.2) is 4.79 Å². The summed E-state index contributed by atoms with van der Waals surface area (Å²) < 4.78 is 10.2. The number of benzene rings is 1. The number of likely N-dealkylation sites (tertiary alicyclic amines) is 1. The zero-order valence-electron chi connectivity index (χ0n) is 14.0. The van der Waals surface area contributed by atoms with Crippen molar-refractivity contribution in [1.82, 2.24) is 9.88 Å². The van der Waals surface area contributed by atoms with Gasteiger partial charge in [-0.15, -0.1) is 0 Å². The first-order chi connectivity index (χ1) is 11.7. The Kier molecular flexibility index (Phi) is 5.37. The number of aromatic nitrogens is 1. The molecule has 6 nitrogen and oxygen atoms in total. The maximum atomic E-state index is 11.5. The van der Waals surface area contributed by atoms with Gasteiger partial charge in [0.15, 0.2) is 0 Å². The summed E-state index contributed by atoms with van der Waals surface area (Å²) in [4.78, 5) is 17.1. The second-order valence-electron chi connectivity index (χ2n) is 6.20. The summed E-state index contributed by atoms with van der Waals surface area (Å²) in [5.74, 6) is 0. The molecule has 1 aromatic carbocycles. The van der Waals surface area contributed by atoms with E-state index in [1.807, 2.05) is 6.07 Å². The van der Waals surface area contributed by atoms with Gasteiger partial charge in [0.1, 0.15) is 6.10 Å². The van der Waals surface area contributed by atoms with Crippen molar-refractivity contribution in [2.75, 3.05) is 26.2 Å². The van der Waals surface area contributed by atoms with E-state index in [2.05, 4.69) is 34.3 Å². The number of nitrogens with one attached hydrogen (secondary N) is 1. The third kappa shape index (κ3) is 3.88. The number of aromatic amines is 1. The summed E-state index contributed by atoms with van der Waals surface area (Å²) in [5.41, 5.74) is 8.56. The van der Waals surface area contributed by atoms with Gasteiger partial charge >= 0.3 is 6.16 Å². The number of H-pyrrole nitrogens is 1. The number of fused-ring (bicyclic) bond motifs is 1. The summed E-state index contributed by atoms with van der Waals surface area (Å²) in [5, 5.41) is 1.27. The molecule has 1 fully saturated rings.